The van der Waals surface area contributed by atoms with Gasteiger partial charge in [-0.05, 0) is 60.1 Å². The van der Waals surface area contributed by atoms with Crippen molar-refractivity contribution in [3.05, 3.63) is 64.8 Å². The van der Waals surface area contributed by atoms with Gasteiger partial charge in [-0.2, -0.15) is 13.2 Å². The molecule has 0 radical (unpaired) electrons. The summed E-state index contributed by atoms with van der Waals surface area (Å²) in [5.41, 5.74) is 0.742. The summed E-state index contributed by atoms with van der Waals surface area (Å²) in [4.78, 5) is 12.1. The zero-order valence-corrected chi connectivity index (χ0v) is 15.1. The van der Waals surface area contributed by atoms with E-state index in [9.17, 15) is 23.1 Å². The van der Waals surface area contributed by atoms with Gasteiger partial charge in [0.25, 0.3) is 0 Å². The lowest BCUT2D eigenvalue weighted by atomic mass is 9.71. The van der Waals surface area contributed by atoms with Crippen molar-refractivity contribution in [3.63, 3.8) is 0 Å². The quantitative estimate of drug-likeness (QED) is 0.732. The number of rotatable bonds is 4. The maximum absolute atomic E-state index is 13.0. The van der Waals surface area contributed by atoms with Crippen LogP contribution in [0.3, 0.4) is 0 Å². The average molecular weight is 364 g/mol. The Labute approximate surface area is 151 Å². The molecule has 1 aliphatic rings. The lowest BCUT2D eigenvalue weighted by Gasteiger charge is -2.35. The average Bonchev–Trinajstić information content (AvgIpc) is 2.56. The summed E-state index contributed by atoms with van der Waals surface area (Å²) in [6.07, 6.45) is 1.80. The molecule has 0 fully saturated rings. The summed E-state index contributed by atoms with van der Waals surface area (Å²) >= 11 is 0. The number of alkyl halides is 3. The smallest absolute Gasteiger partial charge is 0.389 e. The minimum atomic E-state index is -4.47. The number of hydrogen-bond donors (Lipinski definition) is 1. The molecule has 0 saturated carbocycles. The maximum Gasteiger partial charge on any atom is 0.416 e. The highest BCUT2D eigenvalue weighted by Crippen LogP contribution is 2.40. The molecular weight excluding hydrogens is 341 g/mol. The molecule has 1 N–H and O–H groups in total. The number of allylic oxidation sites excluding steroid dienone is 4. The van der Waals surface area contributed by atoms with E-state index in [1.54, 1.807) is 6.08 Å². The Bertz CT molecular complexity index is 768. The Morgan fingerprint density at radius 1 is 1.19 bits per heavy atom. The molecule has 0 heterocycles. The second-order valence-corrected chi connectivity index (χ2v) is 7.19. The van der Waals surface area contributed by atoms with Gasteiger partial charge in [-0.3, -0.25) is 4.79 Å². The van der Waals surface area contributed by atoms with Gasteiger partial charge in [0.2, 0.25) is 0 Å². The molecule has 1 atom stereocenters. The van der Waals surface area contributed by atoms with Crippen molar-refractivity contribution < 1.29 is 23.1 Å². The largest absolute Gasteiger partial charge is 0.416 e. The van der Waals surface area contributed by atoms with E-state index in [-0.39, 0.29) is 11.0 Å². The first-order chi connectivity index (χ1) is 12.0. The number of benzene rings is 1. The summed E-state index contributed by atoms with van der Waals surface area (Å²) in [6.45, 7) is 5.93. The van der Waals surface area contributed by atoms with Crippen molar-refractivity contribution in [2.24, 2.45) is 5.41 Å². The zero-order valence-electron chi connectivity index (χ0n) is 15.1. The van der Waals surface area contributed by atoms with E-state index in [4.69, 9.17) is 0 Å². The second kappa shape index (κ2) is 7.62. The number of ketones is 1. The van der Waals surface area contributed by atoms with Gasteiger partial charge in [0.1, 0.15) is 0 Å². The monoisotopic (exact) mass is 364 g/mol. The zero-order chi connectivity index (χ0) is 19.5. The molecule has 0 saturated heterocycles. The van der Waals surface area contributed by atoms with E-state index in [0.29, 0.717) is 6.42 Å². The number of carbonyl (C=O) groups excluding carboxylic acids is 1. The first-order valence-corrected chi connectivity index (χ1v) is 8.48. The summed E-state index contributed by atoms with van der Waals surface area (Å²) in [7, 11) is 0. The third kappa shape index (κ3) is 4.73. The van der Waals surface area contributed by atoms with Crippen LogP contribution in [0.15, 0.2) is 53.6 Å². The van der Waals surface area contributed by atoms with Crippen LogP contribution in [-0.2, 0) is 11.0 Å². The van der Waals surface area contributed by atoms with Gasteiger partial charge < -0.3 is 5.11 Å². The van der Waals surface area contributed by atoms with E-state index in [0.717, 1.165) is 29.7 Å². The molecule has 1 unspecified atom stereocenters. The molecule has 0 amide bonds. The van der Waals surface area contributed by atoms with Crippen molar-refractivity contribution in [2.45, 2.75) is 45.9 Å². The SMILES string of the molecule is CC1=C(/C=C/C(=O)/C=C/c2ccccc2C(F)(F)F)C(C)(C)CCC1O. The number of aliphatic hydroxyl groups is 1. The molecule has 26 heavy (non-hydrogen) atoms. The molecule has 5 heteroatoms. The van der Waals surface area contributed by atoms with Crippen LogP contribution in [0, 0.1) is 5.41 Å². The molecule has 0 aromatic heterocycles. The van der Waals surface area contributed by atoms with E-state index in [1.807, 2.05) is 20.8 Å². The first-order valence-electron chi connectivity index (χ1n) is 8.48. The Kier molecular flexibility index (Phi) is 5.91. The lowest BCUT2D eigenvalue weighted by Crippen LogP contribution is -2.27. The third-order valence-corrected chi connectivity index (χ3v) is 4.80. The van der Waals surface area contributed by atoms with Gasteiger partial charge in [0, 0.05) is 0 Å². The van der Waals surface area contributed by atoms with Crippen molar-refractivity contribution >= 4 is 11.9 Å². The molecule has 0 bridgehead atoms. The summed E-state index contributed by atoms with van der Waals surface area (Å²) in [5.74, 6) is -0.404. The Morgan fingerprint density at radius 3 is 2.46 bits per heavy atom. The van der Waals surface area contributed by atoms with E-state index in [2.05, 4.69) is 0 Å². The predicted molar refractivity (Wildman–Crippen MR) is 96.3 cm³/mol. The van der Waals surface area contributed by atoms with Crippen LogP contribution in [0.5, 0.6) is 0 Å². The molecule has 1 aromatic rings. The highest BCUT2D eigenvalue weighted by atomic mass is 19.4. The van der Waals surface area contributed by atoms with Gasteiger partial charge >= 0.3 is 6.18 Å². The molecule has 0 spiro atoms. The number of halogens is 3. The topological polar surface area (TPSA) is 37.3 Å². The van der Waals surface area contributed by atoms with Crippen molar-refractivity contribution in [3.8, 4) is 0 Å². The highest BCUT2D eigenvalue weighted by Gasteiger charge is 2.32. The molecule has 1 aliphatic carbocycles. The molecule has 2 nitrogen and oxygen atoms in total. The van der Waals surface area contributed by atoms with Crippen LogP contribution in [0.2, 0.25) is 0 Å². The Hall–Kier alpha value is -2.14. The Morgan fingerprint density at radius 2 is 1.81 bits per heavy atom. The van der Waals surface area contributed by atoms with Gasteiger partial charge in [0.05, 0.1) is 11.7 Å². The number of carbonyl (C=O) groups is 1. The van der Waals surface area contributed by atoms with Gasteiger partial charge in [-0.15, -0.1) is 0 Å². The fourth-order valence-electron chi connectivity index (χ4n) is 3.21. The second-order valence-electron chi connectivity index (χ2n) is 7.19. The van der Waals surface area contributed by atoms with Crippen LogP contribution >= 0.6 is 0 Å². The number of aliphatic hydroxyl groups excluding tert-OH is 1. The highest BCUT2D eigenvalue weighted by molar-refractivity contribution is 6.02. The summed E-state index contributed by atoms with van der Waals surface area (Å²) < 4.78 is 38.9. The Balaban J connectivity index is 2.21. The van der Waals surface area contributed by atoms with E-state index >= 15 is 0 Å². The van der Waals surface area contributed by atoms with Crippen LogP contribution in [0.25, 0.3) is 6.08 Å². The fourth-order valence-corrected chi connectivity index (χ4v) is 3.21. The first kappa shape index (κ1) is 20.2. The van der Waals surface area contributed by atoms with E-state index in [1.165, 1.54) is 30.4 Å². The fraction of sp³-hybridized carbons (Fsp3) is 0.381. The molecule has 0 aliphatic heterocycles. The van der Waals surface area contributed by atoms with Crippen LogP contribution in [-0.4, -0.2) is 17.0 Å². The van der Waals surface area contributed by atoms with Gasteiger partial charge in [-0.1, -0.05) is 44.2 Å². The van der Waals surface area contributed by atoms with Crippen molar-refractivity contribution in [2.75, 3.05) is 0 Å². The minimum Gasteiger partial charge on any atom is -0.389 e. The molecule has 140 valence electrons. The minimum absolute atomic E-state index is 0.0504. The normalized spacial score (nSPS) is 21.0. The van der Waals surface area contributed by atoms with Crippen LogP contribution < -0.4 is 0 Å². The third-order valence-electron chi connectivity index (χ3n) is 4.80. The van der Waals surface area contributed by atoms with Crippen molar-refractivity contribution in [1.82, 2.24) is 0 Å². The lowest BCUT2D eigenvalue weighted by molar-refractivity contribution is -0.137. The summed E-state index contributed by atoms with van der Waals surface area (Å²) in [6, 6.07) is 5.12. The summed E-state index contributed by atoms with van der Waals surface area (Å²) in [5, 5.41) is 10.0. The van der Waals surface area contributed by atoms with E-state index < -0.39 is 23.6 Å². The van der Waals surface area contributed by atoms with Gasteiger partial charge in [-0.25, -0.2) is 0 Å². The predicted octanol–water partition coefficient (Wildman–Crippen LogP) is 5.34. The van der Waals surface area contributed by atoms with Crippen LogP contribution in [0.4, 0.5) is 13.2 Å². The molecule has 1 aromatic carbocycles. The van der Waals surface area contributed by atoms with Crippen LogP contribution in [0.1, 0.15) is 44.7 Å². The van der Waals surface area contributed by atoms with Crippen molar-refractivity contribution in [1.29, 1.82) is 0 Å². The standard InChI is InChI=1S/C21H23F3O2/c1-14-17(20(2,3)13-12-19(14)26)11-10-16(25)9-8-15-6-4-5-7-18(15)21(22,23)24/h4-11,19,26H,12-13H2,1-3H3/b9-8+,11-10+. The maximum atomic E-state index is 13.0. The van der Waals surface area contributed by atoms with Gasteiger partial charge in [0.15, 0.2) is 5.78 Å². The number of hydrogen-bond acceptors (Lipinski definition) is 2. The molecule has 2 rings (SSSR count). The molecular formula is C21H23F3O2.